The summed E-state index contributed by atoms with van der Waals surface area (Å²) in [4.78, 5) is 8.15. The molecule has 0 saturated heterocycles. The Kier molecular flexibility index (Phi) is 3.83. The van der Waals surface area contributed by atoms with Crippen LogP contribution in [0.4, 0.5) is 0 Å². The molecule has 0 saturated carbocycles. The summed E-state index contributed by atoms with van der Waals surface area (Å²) < 4.78 is 4.87. The van der Waals surface area contributed by atoms with E-state index >= 15 is 0 Å². The zero-order chi connectivity index (χ0) is 8.81. The van der Waals surface area contributed by atoms with E-state index in [-0.39, 0.29) is 0 Å². The predicted molar refractivity (Wildman–Crippen MR) is 48.9 cm³/mol. The van der Waals surface area contributed by atoms with Crippen molar-refractivity contribution >= 4 is 11.9 Å². The van der Waals surface area contributed by atoms with E-state index in [1.807, 2.05) is 0 Å². The molecule has 1 aromatic heterocycles. The third-order valence-corrected chi connectivity index (χ3v) is 1.81. The molecule has 0 unspecified atom stereocenters. The van der Waals surface area contributed by atoms with Crippen LogP contribution in [0.2, 0.25) is 0 Å². The molecule has 1 aromatic rings. The van der Waals surface area contributed by atoms with Crippen molar-refractivity contribution in [3.63, 3.8) is 0 Å². The quantitative estimate of drug-likeness (QED) is 0.697. The SMILES string of the molecule is COc1cnc(CCSN)cn1. The number of aromatic nitrogens is 2. The number of rotatable bonds is 4. The Labute approximate surface area is 75.7 Å². The highest BCUT2D eigenvalue weighted by Gasteiger charge is 1.95. The minimum absolute atomic E-state index is 0.541. The maximum atomic E-state index is 5.28. The molecule has 12 heavy (non-hydrogen) atoms. The molecule has 0 atom stereocenters. The highest BCUT2D eigenvalue weighted by molar-refractivity contribution is 7.97. The Morgan fingerprint density at radius 3 is 2.83 bits per heavy atom. The highest BCUT2D eigenvalue weighted by Crippen LogP contribution is 2.04. The lowest BCUT2D eigenvalue weighted by Crippen LogP contribution is -1.97. The number of ether oxygens (including phenoxy) is 1. The lowest BCUT2D eigenvalue weighted by atomic mass is 10.3. The van der Waals surface area contributed by atoms with E-state index in [0.717, 1.165) is 17.9 Å². The molecule has 66 valence electrons. The summed E-state index contributed by atoms with van der Waals surface area (Å²) in [7, 11) is 1.57. The fraction of sp³-hybridized carbons (Fsp3) is 0.429. The molecule has 0 aliphatic rings. The largest absolute Gasteiger partial charge is 0.480 e. The maximum Gasteiger partial charge on any atom is 0.231 e. The van der Waals surface area contributed by atoms with Crippen LogP contribution in [-0.2, 0) is 6.42 Å². The van der Waals surface area contributed by atoms with E-state index < -0.39 is 0 Å². The number of nitrogens with zero attached hydrogens (tertiary/aromatic N) is 2. The van der Waals surface area contributed by atoms with Crippen molar-refractivity contribution in [2.24, 2.45) is 5.14 Å². The Bertz CT molecular complexity index is 227. The Morgan fingerprint density at radius 2 is 2.33 bits per heavy atom. The van der Waals surface area contributed by atoms with Gasteiger partial charge in [-0.05, 0) is 0 Å². The standard InChI is InChI=1S/C7H11N3OS/c1-11-7-5-9-6(4-10-7)2-3-12-8/h4-5H,2-3,8H2,1H3. The molecule has 0 spiro atoms. The van der Waals surface area contributed by atoms with Crippen molar-refractivity contribution in [3.05, 3.63) is 18.1 Å². The number of hydrogen-bond donors (Lipinski definition) is 1. The van der Waals surface area contributed by atoms with Crippen LogP contribution in [-0.4, -0.2) is 22.8 Å². The molecule has 0 amide bonds. The zero-order valence-corrected chi connectivity index (χ0v) is 7.67. The third-order valence-electron chi connectivity index (χ3n) is 1.37. The van der Waals surface area contributed by atoms with Crippen molar-refractivity contribution in [1.82, 2.24) is 9.97 Å². The molecule has 5 heteroatoms. The van der Waals surface area contributed by atoms with E-state index in [2.05, 4.69) is 9.97 Å². The summed E-state index contributed by atoms with van der Waals surface area (Å²) >= 11 is 1.31. The fourth-order valence-electron chi connectivity index (χ4n) is 0.741. The van der Waals surface area contributed by atoms with E-state index in [0.29, 0.717) is 5.88 Å². The van der Waals surface area contributed by atoms with Gasteiger partial charge in [0, 0.05) is 12.2 Å². The van der Waals surface area contributed by atoms with Crippen molar-refractivity contribution in [2.75, 3.05) is 12.9 Å². The van der Waals surface area contributed by atoms with Crippen LogP contribution in [0, 0.1) is 0 Å². The number of methoxy groups -OCH3 is 1. The van der Waals surface area contributed by atoms with E-state index in [1.165, 1.54) is 11.9 Å². The monoisotopic (exact) mass is 185 g/mol. The van der Waals surface area contributed by atoms with Gasteiger partial charge in [-0.2, -0.15) is 0 Å². The second-order valence-electron chi connectivity index (χ2n) is 2.17. The molecule has 0 bridgehead atoms. The van der Waals surface area contributed by atoms with Gasteiger partial charge in [0.25, 0.3) is 0 Å². The molecule has 1 rings (SSSR count). The van der Waals surface area contributed by atoms with Crippen LogP contribution < -0.4 is 9.88 Å². The van der Waals surface area contributed by atoms with Crippen molar-refractivity contribution in [1.29, 1.82) is 0 Å². The first-order valence-electron chi connectivity index (χ1n) is 3.53. The van der Waals surface area contributed by atoms with Gasteiger partial charge in [0.05, 0.1) is 25.2 Å². The van der Waals surface area contributed by atoms with Crippen molar-refractivity contribution < 1.29 is 4.74 Å². The molecular weight excluding hydrogens is 174 g/mol. The van der Waals surface area contributed by atoms with Crippen LogP contribution in [0.5, 0.6) is 5.88 Å². The molecule has 2 N–H and O–H groups in total. The summed E-state index contributed by atoms with van der Waals surface area (Å²) in [6.07, 6.45) is 4.16. The Hall–Kier alpha value is -0.810. The predicted octanol–water partition coefficient (Wildman–Crippen LogP) is 0.635. The van der Waals surface area contributed by atoms with Gasteiger partial charge in [-0.1, -0.05) is 11.9 Å². The van der Waals surface area contributed by atoms with Gasteiger partial charge in [0.2, 0.25) is 5.88 Å². The van der Waals surface area contributed by atoms with E-state index in [4.69, 9.17) is 9.88 Å². The van der Waals surface area contributed by atoms with Crippen LogP contribution in [0.1, 0.15) is 5.69 Å². The summed E-state index contributed by atoms with van der Waals surface area (Å²) in [5.74, 6) is 1.40. The summed E-state index contributed by atoms with van der Waals surface area (Å²) in [6.45, 7) is 0. The smallest absolute Gasteiger partial charge is 0.231 e. The Balaban J connectivity index is 2.53. The van der Waals surface area contributed by atoms with Crippen molar-refractivity contribution in [3.8, 4) is 5.88 Å². The fourth-order valence-corrected chi connectivity index (χ4v) is 1.07. The first kappa shape index (κ1) is 9.28. The Morgan fingerprint density at radius 1 is 1.50 bits per heavy atom. The van der Waals surface area contributed by atoms with Crippen molar-refractivity contribution in [2.45, 2.75) is 6.42 Å². The molecule has 1 heterocycles. The molecule has 4 nitrogen and oxygen atoms in total. The first-order valence-corrected chi connectivity index (χ1v) is 4.58. The molecule has 0 fully saturated rings. The van der Waals surface area contributed by atoms with E-state index in [9.17, 15) is 0 Å². The van der Waals surface area contributed by atoms with Gasteiger partial charge in [-0.25, -0.2) is 4.98 Å². The van der Waals surface area contributed by atoms with Gasteiger partial charge in [0.1, 0.15) is 0 Å². The number of hydrogen-bond acceptors (Lipinski definition) is 5. The minimum Gasteiger partial charge on any atom is -0.480 e. The van der Waals surface area contributed by atoms with Gasteiger partial charge in [0.15, 0.2) is 0 Å². The molecule has 0 radical (unpaired) electrons. The van der Waals surface area contributed by atoms with Crippen LogP contribution in [0.25, 0.3) is 0 Å². The zero-order valence-electron chi connectivity index (χ0n) is 6.86. The highest BCUT2D eigenvalue weighted by atomic mass is 32.2. The second kappa shape index (κ2) is 4.95. The third kappa shape index (κ3) is 2.67. The van der Waals surface area contributed by atoms with Crippen LogP contribution >= 0.6 is 11.9 Å². The van der Waals surface area contributed by atoms with Crippen LogP contribution in [0.3, 0.4) is 0 Å². The number of nitrogens with two attached hydrogens (primary N) is 1. The average Bonchev–Trinajstić information content (AvgIpc) is 2.15. The summed E-state index contributed by atoms with van der Waals surface area (Å²) in [5.41, 5.74) is 0.939. The summed E-state index contributed by atoms with van der Waals surface area (Å²) in [5, 5.41) is 5.28. The molecule has 0 aliphatic heterocycles. The lowest BCUT2D eigenvalue weighted by molar-refractivity contribution is 0.395. The second-order valence-corrected chi connectivity index (χ2v) is 2.91. The molecule has 0 aliphatic carbocycles. The van der Waals surface area contributed by atoms with Gasteiger partial charge < -0.3 is 4.74 Å². The minimum atomic E-state index is 0.541. The topological polar surface area (TPSA) is 61.0 Å². The first-order chi connectivity index (χ1) is 5.86. The lowest BCUT2D eigenvalue weighted by Gasteiger charge is -1.99. The molecular formula is C7H11N3OS. The average molecular weight is 185 g/mol. The van der Waals surface area contributed by atoms with E-state index in [1.54, 1.807) is 19.5 Å². The number of aryl methyl sites for hydroxylation is 1. The maximum absolute atomic E-state index is 5.28. The normalized spacial score (nSPS) is 9.83. The van der Waals surface area contributed by atoms with Gasteiger partial charge in [-0.3, -0.25) is 10.1 Å². The van der Waals surface area contributed by atoms with Crippen LogP contribution in [0.15, 0.2) is 12.4 Å². The summed E-state index contributed by atoms with van der Waals surface area (Å²) in [6, 6.07) is 0. The molecule has 0 aromatic carbocycles. The van der Waals surface area contributed by atoms with Gasteiger partial charge in [-0.15, -0.1) is 0 Å². The van der Waals surface area contributed by atoms with Gasteiger partial charge >= 0.3 is 0 Å².